The lowest BCUT2D eigenvalue weighted by molar-refractivity contribution is -0.141. The van der Waals surface area contributed by atoms with E-state index in [-0.39, 0.29) is 11.4 Å². The van der Waals surface area contributed by atoms with Crippen LogP contribution in [0.25, 0.3) is 11.3 Å². The molecule has 2 rings (SSSR count). The van der Waals surface area contributed by atoms with E-state index in [0.717, 1.165) is 28.1 Å². The van der Waals surface area contributed by atoms with Gasteiger partial charge >= 0.3 is 12.4 Å². The van der Waals surface area contributed by atoms with Gasteiger partial charge in [0.2, 0.25) is 0 Å². The molecule has 0 saturated heterocycles. The average molecular weight is 368 g/mol. The zero-order valence-corrected chi connectivity index (χ0v) is 13.6. The normalized spacial score (nSPS) is 12.7. The largest absolute Gasteiger partial charge is 0.435 e. The molecule has 0 spiro atoms. The quantitative estimate of drug-likeness (QED) is 0.527. The second-order valence-corrected chi connectivity index (χ2v) is 6.37. The standard InChI is InChI=1S/C15H14F6N2S/c1-9-3-4-10(7-12(9)24-6-5-14(16,17)18)11-8-13(15(19,20)21)22-23(11)2/h3-4,7-8H,5-6H2,1-2H3. The van der Waals surface area contributed by atoms with Gasteiger partial charge in [0, 0.05) is 23.3 Å². The minimum absolute atomic E-state index is 0.146. The van der Waals surface area contributed by atoms with Crippen LogP contribution in [0.4, 0.5) is 26.3 Å². The molecule has 132 valence electrons. The fraction of sp³-hybridized carbons (Fsp3) is 0.400. The second-order valence-electron chi connectivity index (χ2n) is 5.23. The number of thioether (sulfide) groups is 1. The molecule has 0 fully saturated rings. The highest BCUT2D eigenvalue weighted by Crippen LogP contribution is 2.34. The predicted molar refractivity (Wildman–Crippen MR) is 79.8 cm³/mol. The first kappa shape index (κ1) is 18.7. The summed E-state index contributed by atoms with van der Waals surface area (Å²) in [4.78, 5) is 0.603. The van der Waals surface area contributed by atoms with Crippen LogP contribution >= 0.6 is 11.8 Å². The van der Waals surface area contributed by atoms with Crippen LogP contribution in [0.5, 0.6) is 0 Å². The zero-order chi connectivity index (χ0) is 18.1. The smallest absolute Gasteiger partial charge is 0.267 e. The van der Waals surface area contributed by atoms with E-state index in [1.54, 1.807) is 25.1 Å². The van der Waals surface area contributed by atoms with Gasteiger partial charge in [-0.05, 0) is 24.6 Å². The number of hydrogen-bond donors (Lipinski definition) is 0. The van der Waals surface area contributed by atoms with E-state index >= 15 is 0 Å². The van der Waals surface area contributed by atoms with Crippen molar-refractivity contribution in [1.29, 1.82) is 0 Å². The number of nitrogens with zero attached hydrogens (tertiary/aromatic N) is 2. The molecule has 0 aliphatic rings. The van der Waals surface area contributed by atoms with Gasteiger partial charge in [0.1, 0.15) is 0 Å². The molecule has 0 saturated carbocycles. The number of rotatable bonds is 4. The average Bonchev–Trinajstić information content (AvgIpc) is 2.82. The fourth-order valence-electron chi connectivity index (χ4n) is 2.07. The second kappa shape index (κ2) is 6.70. The Morgan fingerprint density at radius 1 is 1.08 bits per heavy atom. The van der Waals surface area contributed by atoms with Gasteiger partial charge in [-0.1, -0.05) is 12.1 Å². The SMILES string of the molecule is Cc1ccc(-c2cc(C(F)(F)F)nn2C)cc1SCCC(F)(F)F. The molecule has 2 nitrogen and oxygen atoms in total. The van der Waals surface area contributed by atoms with E-state index in [1.165, 1.54) is 7.05 Å². The molecule has 1 aromatic heterocycles. The van der Waals surface area contributed by atoms with E-state index < -0.39 is 24.5 Å². The van der Waals surface area contributed by atoms with Crippen LogP contribution < -0.4 is 0 Å². The van der Waals surface area contributed by atoms with Gasteiger partial charge in [0.15, 0.2) is 5.69 Å². The van der Waals surface area contributed by atoms with Gasteiger partial charge in [-0.2, -0.15) is 31.4 Å². The van der Waals surface area contributed by atoms with Crippen LogP contribution in [0.1, 0.15) is 17.7 Å². The third-order valence-corrected chi connectivity index (χ3v) is 4.46. The van der Waals surface area contributed by atoms with Gasteiger partial charge in [0.25, 0.3) is 0 Å². The van der Waals surface area contributed by atoms with Gasteiger partial charge in [-0.25, -0.2) is 0 Å². The van der Waals surface area contributed by atoms with Crippen molar-refractivity contribution in [2.75, 3.05) is 5.75 Å². The Hall–Kier alpha value is -1.64. The molecule has 0 N–H and O–H groups in total. The van der Waals surface area contributed by atoms with Crippen LogP contribution in [0.15, 0.2) is 29.2 Å². The van der Waals surface area contributed by atoms with Crippen molar-refractivity contribution in [3.63, 3.8) is 0 Å². The van der Waals surface area contributed by atoms with Crippen LogP contribution in [0.2, 0.25) is 0 Å². The molecule has 24 heavy (non-hydrogen) atoms. The van der Waals surface area contributed by atoms with E-state index in [0.29, 0.717) is 10.5 Å². The highest BCUT2D eigenvalue weighted by atomic mass is 32.2. The van der Waals surface area contributed by atoms with E-state index in [1.807, 2.05) is 0 Å². The van der Waals surface area contributed by atoms with Gasteiger partial charge in [-0.3, -0.25) is 4.68 Å². The fourth-order valence-corrected chi connectivity index (χ4v) is 3.13. The molecule has 9 heteroatoms. The number of hydrogen-bond acceptors (Lipinski definition) is 2. The monoisotopic (exact) mass is 368 g/mol. The molecular formula is C15H14F6N2S. The maximum Gasteiger partial charge on any atom is 0.435 e. The molecule has 0 atom stereocenters. The Morgan fingerprint density at radius 2 is 1.75 bits per heavy atom. The lowest BCUT2D eigenvalue weighted by Crippen LogP contribution is -2.08. The summed E-state index contributed by atoms with van der Waals surface area (Å²) in [7, 11) is 1.39. The van der Waals surface area contributed by atoms with Crippen molar-refractivity contribution in [2.24, 2.45) is 7.05 Å². The molecule has 2 aromatic rings. The van der Waals surface area contributed by atoms with Crippen LogP contribution in [0.3, 0.4) is 0 Å². The zero-order valence-electron chi connectivity index (χ0n) is 12.8. The summed E-state index contributed by atoms with van der Waals surface area (Å²) in [6.07, 6.45) is -9.71. The number of aromatic nitrogens is 2. The summed E-state index contributed by atoms with van der Waals surface area (Å²) < 4.78 is 76.0. The first-order valence-electron chi connectivity index (χ1n) is 6.89. The third-order valence-electron chi connectivity index (χ3n) is 3.30. The highest BCUT2D eigenvalue weighted by Gasteiger charge is 2.34. The van der Waals surface area contributed by atoms with E-state index in [4.69, 9.17) is 0 Å². The summed E-state index contributed by atoms with van der Waals surface area (Å²) in [5, 5.41) is 3.44. The predicted octanol–water partition coefficient (Wildman–Crippen LogP) is 5.46. The van der Waals surface area contributed by atoms with Crippen LogP contribution in [-0.4, -0.2) is 21.7 Å². The maximum absolute atomic E-state index is 12.7. The van der Waals surface area contributed by atoms with Crippen molar-refractivity contribution in [3.8, 4) is 11.3 Å². The van der Waals surface area contributed by atoms with Crippen molar-refractivity contribution in [1.82, 2.24) is 9.78 Å². The topological polar surface area (TPSA) is 17.8 Å². The minimum atomic E-state index is -4.55. The first-order chi connectivity index (χ1) is 11.0. The molecule has 0 radical (unpaired) electrons. The van der Waals surface area contributed by atoms with Crippen molar-refractivity contribution >= 4 is 11.8 Å². The van der Waals surface area contributed by atoms with Gasteiger partial charge in [-0.15, -0.1) is 11.8 Å². The summed E-state index contributed by atoms with van der Waals surface area (Å²) in [6.45, 7) is 1.74. The molecule has 0 amide bonds. The van der Waals surface area contributed by atoms with Gasteiger partial charge < -0.3 is 0 Å². The Kier molecular flexibility index (Phi) is 5.22. The number of alkyl halides is 6. The lowest BCUT2D eigenvalue weighted by atomic mass is 10.1. The first-order valence-corrected chi connectivity index (χ1v) is 7.88. The number of benzene rings is 1. The molecule has 0 unspecified atom stereocenters. The number of halogens is 6. The summed E-state index contributed by atoms with van der Waals surface area (Å²) >= 11 is 1.03. The summed E-state index contributed by atoms with van der Waals surface area (Å²) in [5.41, 5.74) is 0.483. The van der Waals surface area contributed by atoms with Crippen molar-refractivity contribution in [2.45, 2.75) is 30.6 Å². The Balaban J connectivity index is 2.26. The van der Waals surface area contributed by atoms with E-state index in [2.05, 4.69) is 5.10 Å². The van der Waals surface area contributed by atoms with Crippen molar-refractivity contribution in [3.05, 3.63) is 35.5 Å². The lowest BCUT2D eigenvalue weighted by Gasteiger charge is -2.10. The Bertz CT molecular complexity index is 718. The maximum atomic E-state index is 12.7. The number of aryl methyl sites for hydroxylation is 2. The van der Waals surface area contributed by atoms with Crippen LogP contribution in [-0.2, 0) is 13.2 Å². The minimum Gasteiger partial charge on any atom is -0.267 e. The van der Waals surface area contributed by atoms with E-state index in [9.17, 15) is 26.3 Å². The Labute approximate surface area is 138 Å². The van der Waals surface area contributed by atoms with Crippen molar-refractivity contribution < 1.29 is 26.3 Å². The molecule has 1 heterocycles. The molecule has 0 aliphatic heterocycles. The van der Waals surface area contributed by atoms with Gasteiger partial charge in [0.05, 0.1) is 12.1 Å². The Morgan fingerprint density at radius 3 is 2.29 bits per heavy atom. The molecule has 0 aliphatic carbocycles. The summed E-state index contributed by atoms with van der Waals surface area (Å²) in [6, 6.07) is 5.81. The molecule has 1 aromatic carbocycles. The van der Waals surface area contributed by atoms with Crippen LogP contribution in [0, 0.1) is 6.92 Å². The molecule has 0 bridgehead atoms. The highest BCUT2D eigenvalue weighted by molar-refractivity contribution is 7.99. The summed E-state index contributed by atoms with van der Waals surface area (Å²) in [5.74, 6) is -0.146. The third kappa shape index (κ3) is 4.68. The molecular weight excluding hydrogens is 354 g/mol.